The fraction of sp³-hybridized carbons (Fsp3) is 0.421. The number of benzene rings is 1. The SMILES string of the molecule is CCc1nc(N2CC3CCC3C2)n2nc(-c3ccccc3)[nH]c(=O)c12. The van der Waals surface area contributed by atoms with Crippen LogP contribution in [0.25, 0.3) is 16.9 Å². The van der Waals surface area contributed by atoms with Crippen LogP contribution in [0.5, 0.6) is 0 Å². The smallest absolute Gasteiger partial charge is 0.277 e. The van der Waals surface area contributed by atoms with Crippen molar-refractivity contribution in [2.24, 2.45) is 11.8 Å². The summed E-state index contributed by atoms with van der Waals surface area (Å²) in [5, 5.41) is 4.75. The summed E-state index contributed by atoms with van der Waals surface area (Å²) in [6.07, 6.45) is 3.35. The molecule has 2 aromatic heterocycles. The predicted octanol–water partition coefficient (Wildman–Crippen LogP) is 2.49. The quantitative estimate of drug-likeness (QED) is 0.798. The van der Waals surface area contributed by atoms with Gasteiger partial charge < -0.3 is 9.88 Å². The summed E-state index contributed by atoms with van der Waals surface area (Å²) in [5.74, 6) is 2.98. The summed E-state index contributed by atoms with van der Waals surface area (Å²) < 4.78 is 1.77. The first-order valence-corrected chi connectivity index (χ1v) is 9.07. The number of hydrogen-bond acceptors (Lipinski definition) is 4. The maximum atomic E-state index is 12.7. The highest BCUT2D eigenvalue weighted by Gasteiger charge is 2.40. The van der Waals surface area contributed by atoms with Crippen LogP contribution in [0.4, 0.5) is 5.95 Å². The molecular weight excluding hydrogens is 314 g/mol. The molecule has 6 heteroatoms. The van der Waals surface area contributed by atoms with Gasteiger partial charge in [-0.1, -0.05) is 37.3 Å². The Bertz CT molecular complexity index is 978. The van der Waals surface area contributed by atoms with E-state index in [-0.39, 0.29) is 5.56 Å². The molecule has 1 saturated carbocycles. The first kappa shape index (κ1) is 14.7. The number of nitrogens with one attached hydrogen (secondary N) is 1. The van der Waals surface area contributed by atoms with Crippen LogP contribution >= 0.6 is 0 Å². The van der Waals surface area contributed by atoms with Crippen molar-refractivity contribution in [2.75, 3.05) is 18.0 Å². The van der Waals surface area contributed by atoms with Gasteiger partial charge in [0.25, 0.3) is 5.56 Å². The topological polar surface area (TPSA) is 66.3 Å². The van der Waals surface area contributed by atoms with Crippen molar-refractivity contribution in [1.29, 1.82) is 0 Å². The molecule has 1 aromatic carbocycles. The number of aromatic nitrogens is 4. The molecule has 1 aliphatic heterocycles. The molecule has 25 heavy (non-hydrogen) atoms. The third-order valence-electron chi connectivity index (χ3n) is 5.71. The third kappa shape index (κ3) is 2.20. The van der Waals surface area contributed by atoms with Gasteiger partial charge in [0, 0.05) is 18.7 Å². The van der Waals surface area contributed by atoms with Gasteiger partial charge in [0.05, 0.1) is 5.69 Å². The van der Waals surface area contributed by atoms with Gasteiger partial charge in [-0.2, -0.15) is 4.52 Å². The Labute approximate surface area is 145 Å². The number of aromatic amines is 1. The lowest BCUT2D eigenvalue weighted by atomic mass is 9.77. The minimum atomic E-state index is -0.119. The second-order valence-corrected chi connectivity index (χ2v) is 7.14. The van der Waals surface area contributed by atoms with Crippen molar-refractivity contribution in [3.05, 3.63) is 46.4 Å². The molecule has 0 spiro atoms. The van der Waals surface area contributed by atoms with E-state index in [9.17, 15) is 4.79 Å². The van der Waals surface area contributed by atoms with Crippen LogP contribution in [0.2, 0.25) is 0 Å². The lowest BCUT2D eigenvalue weighted by molar-refractivity contribution is 0.243. The number of H-pyrrole nitrogens is 1. The van der Waals surface area contributed by atoms with E-state index in [1.54, 1.807) is 4.52 Å². The first-order chi connectivity index (χ1) is 12.2. The second-order valence-electron chi connectivity index (χ2n) is 7.14. The maximum absolute atomic E-state index is 12.7. The number of rotatable bonds is 3. The Morgan fingerprint density at radius 3 is 2.52 bits per heavy atom. The van der Waals surface area contributed by atoms with Crippen molar-refractivity contribution < 1.29 is 0 Å². The molecule has 1 saturated heterocycles. The summed E-state index contributed by atoms with van der Waals surface area (Å²) in [5.41, 5.74) is 2.19. The monoisotopic (exact) mass is 335 g/mol. The van der Waals surface area contributed by atoms with Crippen LogP contribution in [0.15, 0.2) is 35.1 Å². The van der Waals surface area contributed by atoms with Gasteiger partial charge in [0.2, 0.25) is 5.95 Å². The number of anilines is 1. The summed E-state index contributed by atoms with van der Waals surface area (Å²) in [4.78, 5) is 22.8. The average molecular weight is 335 g/mol. The molecule has 6 nitrogen and oxygen atoms in total. The molecule has 1 N–H and O–H groups in total. The lowest BCUT2D eigenvalue weighted by Crippen LogP contribution is -2.23. The summed E-state index contributed by atoms with van der Waals surface area (Å²) in [7, 11) is 0. The molecule has 0 amide bonds. The molecule has 2 unspecified atom stereocenters. The van der Waals surface area contributed by atoms with Crippen molar-refractivity contribution in [3.63, 3.8) is 0 Å². The number of aryl methyl sites for hydroxylation is 1. The molecule has 0 radical (unpaired) electrons. The van der Waals surface area contributed by atoms with E-state index < -0.39 is 0 Å². The predicted molar refractivity (Wildman–Crippen MR) is 96.8 cm³/mol. The van der Waals surface area contributed by atoms with Gasteiger partial charge in [-0.25, -0.2) is 4.98 Å². The third-order valence-corrected chi connectivity index (χ3v) is 5.71. The molecule has 3 heterocycles. The highest BCUT2D eigenvalue weighted by Crippen LogP contribution is 2.41. The Morgan fingerprint density at radius 2 is 1.88 bits per heavy atom. The Morgan fingerprint density at radius 1 is 1.16 bits per heavy atom. The van der Waals surface area contributed by atoms with Gasteiger partial charge in [0.1, 0.15) is 0 Å². The summed E-state index contributed by atoms with van der Waals surface area (Å²) in [6, 6.07) is 9.76. The molecule has 2 fully saturated rings. The van der Waals surface area contributed by atoms with E-state index in [0.29, 0.717) is 11.3 Å². The highest BCUT2D eigenvalue weighted by molar-refractivity contribution is 5.61. The number of nitrogens with zero attached hydrogens (tertiary/aromatic N) is 4. The van der Waals surface area contributed by atoms with Crippen molar-refractivity contribution in [3.8, 4) is 11.4 Å². The minimum Gasteiger partial charge on any atom is -0.340 e. The normalized spacial score (nSPS) is 22.2. The summed E-state index contributed by atoms with van der Waals surface area (Å²) in [6.45, 7) is 4.09. The van der Waals surface area contributed by atoms with E-state index in [1.165, 1.54) is 12.8 Å². The number of hydrogen-bond donors (Lipinski definition) is 1. The van der Waals surface area contributed by atoms with Gasteiger partial charge in [0.15, 0.2) is 11.3 Å². The Hall–Kier alpha value is -2.63. The minimum absolute atomic E-state index is 0.119. The standard InChI is InChI=1S/C19H21N5O/c1-2-15-16-18(25)21-17(12-6-4-3-5-7-12)22-24(16)19(20-15)23-10-13-8-9-14(13)11-23/h3-7,13-14H,2,8-11H2,1H3,(H,21,22,25). The van der Waals surface area contributed by atoms with Crippen molar-refractivity contribution in [2.45, 2.75) is 26.2 Å². The van der Waals surface area contributed by atoms with Gasteiger partial charge >= 0.3 is 0 Å². The lowest BCUT2D eigenvalue weighted by Gasteiger charge is -2.27. The Kier molecular flexibility index (Phi) is 3.20. The zero-order valence-electron chi connectivity index (χ0n) is 14.3. The maximum Gasteiger partial charge on any atom is 0.277 e. The van der Waals surface area contributed by atoms with Gasteiger partial charge in [-0.05, 0) is 31.1 Å². The number of imidazole rings is 1. The van der Waals surface area contributed by atoms with Crippen LogP contribution in [-0.2, 0) is 6.42 Å². The zero-order valence-corrected chi connectivity index (χ0v) is 14.3. The van der Waals surface area contributed by atoms with Gasteiger partial charge in [-0.15, -0.1) is 5.10 Å². The Balaban J connectivity index is 1.69. The van der Waals surface area contributed by atoms with Crippen LogP contribution < -0.4 is 10.5 Å². The van der Waals surface area contributed by atoms with Crippen LogP contribution in [-0.4, -0.2) is 32.7 Å². The first-order valence-electron chi connectivity index (χ1n) is 9.07. The van der Waals surface area contributed by atoms with Crippen molar-refractivity contribution >= 4 is 11.5 Å². The van der Waals surface area contributed by atoms with E-state index >= 15 is 0 Å². The molecule has 128 valence electrons. The van der Waals surface area contributed by atoms with E-state index in [1.807, 2.05) is 37.3 Å². The highest BCUT2D eigenvalue weighted by atomic mass is 16.1. The molecule has 2 aliphatic rings. The molecule has 1 aliphatic carbocycles. The van der Waals surface area contributed by atoms with E-state index in [2.05, 4.69) is 9.88 Å². The van der Waals surface area contributed by atoms with E-state index in [4.69, 9.17) is 10.1 Å². The van der Waals surface area contributed by atoms with Gasteiger partial charge in [-0.3, -0.25) is 4.79 Å². The van der Waals surface area contributed by atoms with Crippen molar-refractivity contribution in [1.82, 2.24) is 19.6 Å². The molecule has 5 rings (SSSR count). The fourth-order valence-corrected chi connectivity index (χ4v) is 4.16. The molecule has 3 aromatic rings. The largest absolute Gasteiger partial charge is 0.340 e. The summed E-state index contributed by atoms with van der Waals surface area (Å²) >= 11 is 0. The van der Waals surface area contributed by atoms with Crippen LogP contribution in [0.1, 0.15) is 25.5 Å². The molecule has 2 atom stereocenters. The molecular formula is C19H21N5O. The number of fused-ring (bicyclic) bond motifs is 2. The molecule has 0 bridgehead atoms. The second kappa shape index (κ2) is 5.44. The van der Waals surface area contributed by atoms with Crippen LogP contribution in [0, 0.1) is 11.8 Å². The zero-order chi connectivity index (χ0) is 17.0. The van der Waals surface area contributed by atoms with E-state index in [0.717, 1.165) is 48.6 Å². The fourth-order valence-electron chi connectivity index (χ4n) is 4.16. The van der Waals surface area contributed by atoms with Crippen LogP contribution in [0.3, 0.4) is 0 Å². The average Bonchev–Trinajstić information content (AvgIpc) is 3.14.